The zero-order chi connectivity index (χ0) is 13.2. The predicted molar refractivity (Wildman–Crippen MR) is 75.2 cm³/mol. The molecule has 5 nitrogen and oxygen atoms in total. The van der Waals surface area contributed by atoms with Gasteiger partial charge in [0, 0.05) is 24.7 Å². The second-order valence-corrected chi connectivity index (χ2v) is 5.31. The Bertz CT molecular complexity index is 554. The molecule has 1 fully saturated rings. The lowest BCUT2D eigenvalue weighted by Crippen LogP contribution is -2.36. The number of hydrogen-bond donors (Lipinski definition) is 1. The number of nitrogens with two attached hydrogens (primary N) is 1. The highest BCUT2D eigenvalue weighted by molar-refractivity contribution is 5.39. The lowest BCUT2D eigenvalue weighted by Gasteiger charge is -2.30. The minimum absolute atomic E-state index is 0.494. The molecule has 0 spiro atoms. The van der Waals surface area contributed by atoms with Gasteiger partial charge in [-0.2, -0.15) is 5.10 Å². The maximum Gasteiger partial charge on any atom is 0.155 e. The van der Waals surface area contributed by atoms with Gasteiger partial charge in [-0.05, 0) is 45.0 Å². The third kappa shape index (κ3) is 2.48. The van der Waals surface area contributed by atoms with Gasteiger partial charge in [-0.15, -0.1) is 0 Å². The Morgan fingerprint density at radius 3 is 2.79 bits per heavy atom. The van der Waals surface area contributed by atoms with E-state index in [0.717, 1.165) is 56.2 Å². The molecule has 0 unspecified atom stereocenters. The number of likely N-dealkylation sites (tertiary alicyclic amines) is 1. The molecule has 3 heterocycles. The monoisotopic (exact) mass is 259 g/mol. The van der Waals surface area contributed by atoms with Crippen LogP contribution in [0.4, 0.5) is 0 Å². The van der Waals surface area contributed by atoms with Gasteiger partial charge in [0.2, 0.25) is 0 Å². The van der Waals surface area contributed by atoms with Crippen molar-refractivity contribution in [3.63, 3.8) is 0 Å². The number of rotatable bonds is 3. The lowest BCUT2D eigenvalue weighted by atomic mass is 9.96. The van der Waals surface area contributed by atoms with Crippen molar-refractivity contribution >= 4 is 5.65 Å². The summed E-state index contributed by atoms with van der Waals surface area (Å²) < 4.78 is 1.95. The van der Waals surface area contributed by atoms with Crippen molar-refractivity contribution in [2.45, 2.75) is 25.7 Å². The number of nitrogens with zero attached hydrogens (tertiary/aromatic N) is 4. The Balaban J connectivity index is 1.77. The Kier molecular flexibility index (Phi) is 3.48. The highest BCUT2D eigenvalue weighted by Gasteiger charge is 2.23. The average Bonchev–Trinajstić information content (AvgIpc) is 2.85. The first kappa shape index (κ1) is 12.6. The Morgan fingerprint density at radius 1 is 1.32 bits per heavy atom. The van der Waals surface area contributed by atoms with Gasteiger partial charge in [-0.3, -0.25) is 0 Å². The summed E-state index contributed by atoms with van der Waals surface area (Å²) in [6.07, 6.45) is 2.27. The Hall–Kier alpha value is -1.46. The summed E-state index contributed by atoms with van der Waals surface area (Å²) in [4.78, 5) is 7.11. The third-order valence-electron chi connectivity index (χ3n) is 3.96. The van der Waals surface area contributed by atoms with Gasteiger partial charge < -0.3 is 10.6 Å². The van der Waals surface area contributed by atoms with Crippen molar-refractivity contribution in [3.8, 4) is 0 Å². The summed E-state index contributed by atoms with van der Waals surface area (Å²) in [5.41, 5.74) is 7.70. The smallest absolute Gasteiger partial charge is 0.155 e. The standard InChI is InChI=1S/C14H21N5/c1-11-3-2-4-13-16-14(17-19(11)13)12-5-8-18(9-6-12)10-7-15/h2-4,12H,5-10,15H2,1H3. The summed E-state index contributed by atoms with van der Waals surface area (Å²) in [6, 6.07) is 6.12. The average molecular weight is 259 g/mol. The summed E-state index contributed by atoms with van der Waals surface area (Å²) in [5.74, 6) is 1.50. The van der Waals surface area contributed by atoms with Crippen LogP contribution in [0.2, 0.25) is 0 Å². The van der Waals surface area contributed by atoms with E-state index in [-0.39, 0.29) is 0 Å². The van der Waals surface area contributed by atoms with Crippen LogP contribution < -0.4 is 5.73 Å². The first-order valence-electron chi connectivity index (χ1n) is 7.02. The van der Waals surface area contributed by atoms with Crippen molar-refractivity contribution in [1.82, 2.24) is 19.5 Å². The molecule has 2 aromatic heterocycles. The normalized spacial score (nSPS) is 18.2. The van der Waals surface area contributed by atoms with Gasteiger partial charge in [-0.1, -0.05) is 6.07 Å². The van der Waals surface area contributed by atoms with E-state index in [2.05, 4.69) is 28.0 Å². The van der Waals surface area contributed by atoms with Crippen molar-refractivity contribution in [2.24, 2.45) is 5.73 Å². The molecule has 102 valence electrons. The molecule has 0 bridgehead atoms. The molecule has 2 N–H and O–H groups in total. The van der Waals surface area contributed by atoms with Crippen LogP contribution >= 0.6 is 0 Å². The third-order valence-corrected chi connectivity index (χ3v) is 3.96. The van der Waals surface area contributed by atoms with E-state index in [1.54, 1.807) is 0 Å². The molecule has 19 heavy (non-hydrogen) atoms. The number of hydrogen-bond acceptors (Lipinski definition) is 4. The van der Waals surface area contributed by atoms with Gasteiger partial charge >= 0.3 is 0 Å². The van der Waals surface area contributed by atoms with Crippen molar-refractivity contribution in [3.05, 3.63) is 29.7 Å². The second-order valence-electron chi connectivity index (χ2n) is 5.31. The predicted octanol–water partition coefficient (Wildman–Crippen LogP) is 1.18. The van der Waals surface area contributed by atoms with Gasteiger partial charge in [0.25, 0.3) is 0 Å². The van der Waals surface area contributed by atoms with Crippen molar-refractivity contribution in [2.75, 3.05) is 26.2 Å². The molecule has 1 aliphatic rings. The zero-order valence-electron chi connectivity index (χ0n) is 11.4. The molecule has 0 radical (unpaired) electrons. The summed E-state index contributed by atoms with van der Waals surface area (Å²) in [6.45, 7) is 6.03. The fourth-order valence-corrected chi connectivity index (χ4v) is 2.82. The van der Waals surface area contributed by atoms with Crippen LogP contribution in [0.1, 0.15) is 30.3 Å². The highest BCUT2D eigenvalue weighted by atomic mass is 15.3. The summed E-state index contributed by atoms with van der Waals surface area (Å²) in [7, 11) is 0. The van der Waals surface area contributed by atoms with Crippen LogP contribution in [0.3, 0.4) is 0 Å². The van der Waals surface area contributed by atoms with Crippen LogP contribution in [0.25, 0.3) is 5.65 Å². The quantitative estimate of drug-likeness (QED) is 0.899. The van der Waals surface area contributed by atoms with Crippen LogP contribution in [0.5, 0.6) is 0 Å². The van der Waals surface area contributed by atoms with Gasteiger partial charge in [0.1, 0.15) is 0 Å². The fourth-order valence-electron chi connectivity index (χ4n) is 2.82. The molecule has 3 rings (SSSR count). The minimum Gasteiger partial charge on any atom is -0.329 e. The molecule has 0 atom stereocenters. The van der Waals surface area contributed by atoms with Crippen molar-refractivity contribution < 1.29 is 0 Å². The first-order valence-corrected chi connectivity index (χ1v) is 7.02. The minimum atomic E-state index is 0.494. The SMILES string of the molecule is Cc1cccc2nc(C3CCN(CCN)CC3)nn12. The van der Waals surface area contributed by atoms with Gasteiger partial charge in [0.15, 0.2) is 11.5 Å². The maximum absolute atomic E-state index is 5.60. The first-order chi connectivity index (χ1) is 9.28. The van der Waals surface area contributed by atoms with E-state index in [1.165, 1.54) is 0 Å². The highest BCUT2D eigenvalue weighted by Crippen LogP contribution is 2.25. The van der Waals surface area contributed by atoms with Crippen LogP contribution in [-0.2, 0) is 0 Å². The molecule has 5 heteroatoms. The largest absolute Gasteiger partial charge is 0.329 e. The Labute approximate surface area is 113 Å². The van der Waals surface area contributed by atoms with E-state index >= 15 is 0 Å². The summed E-state index contributed by atoms with van der Waals surface area (Å²) in [5, 5.41) is 4.67. The van der Waals surface area contributed by atoms with Gasteiger partial charge in [-0.25, -0.2) is 9.50 Å². The van der Waals surface area contributed by atoms with Gasteiger partial charge in [0.05, 0.1) is 0 Å². The van der Waals surface area contributed by atoms with Crippen molar-refractivity contribution in [1.29, 1.82) is 0 Å². The topological polar surface area (TPSA) is 59.5 Å². The van der Waals surface area contributed by atoms with E-state index in [1.807, 2.05) is 16.6 Å². The zero-order valence-corrected chi connectivity index (χ0v) is 11.4. The van der Waals surface area contributed by atoms with E-state index in [0.29, 0.717) is 5.92 Å². The second kappa shape index (κ2) is 5.27. The van der Waals surface area contributed by atoms with E-state index < -0.39 is 0 Å². The molecule has 2 aromatic rings. The lowest BCUT2D eigenvalue weighted by molar-refractivity contribution is 0.214. The molecule has 0 aromatic carbocycles. The van der Waals surface area contributed by atoms with Crippen LogP contribution in [-0.4, -0.2) is 45.7 Å². The number of fused-ring (bicyclic) bond motifs is 1. The number of piperidine rings is 1. The molecule has 0 saturated carbocycles. The van der Waals surface area contributed by atoms with E-state index in [4.69, 9.17) is 5.73 Å². The molecular formula is C14H21N5. The Morgan fingerprint density at radius 2 is 2.11 bits per heavy atom. The maximum atomic E-state index is 5.60. The number of pyridine rings is 1. The van der Waals surface area contributed by atoms with Crippen LogP contribution in [0.15, 0.2) is 18.2 Å². The molecule has 1 aliphatic heterocycles. The summed E-state index contributed by atoms with van der Waals surface area (Å²) >= 11 is 0. The molecule has 0 amide bonds. The fraction of sp³-hybridized carbons (Fsp3) is 0.571. The van der Waals surface area contributed by atoms with Crippen LogP contribution in [0, 0.1) is 6.92 Å². The molecular weight excluding hydrogens is 238 g/mol. The number of aryl methyl sites for hydroxylation is 1. The number of aromatic nitrogens is 3. The molecule has 1 saturated heterocycles. The molecule has 0 aliphatic carbocycles. The van der Waals surface area contributed by atoms with E-state index in [9.17, 15) is 0 Å².